The van der Waals surface area contributed by atoms with Crippen molar-refractivity contribution in [2.24, 2.45) is 0 Å². The van der Waals surface area contributed by atoms with Crippen LogP contribution in [0, 0.1) is 0 Å². The van der Waals surface area contributed by atoms with Gasteiger partial charge < -0.3 is 27.9 Å². The third-order valence-electron chi connectivity index (χ3n) is 18.4. The minimum absolute atomic E-state index is 0.0315. The van der Waals surface area contributed by atoms with Gasteiger partial charge in [0.05, 0.1) is 27.7 Å². The number of rotatable bonds is 77. The van der Waals surface area contributed by atoms with Crippen LogP contribution in [0.15, 0.2) is 85.1 Å². The highest BCUT2D eigenvalue weighted by atomic mass is 31.2. The fourth-order valence-corrected chi connectivity index (χ4v) is 12.9. The SMILES string of the molecule is CC/C=C\C/C=C\C/C=C\C/C=C\C/C=C\C/C=C\C/C=C\CCCCCCCCCCCCCCCC(=O)OC(COC(=O)CCCCCCCCCCCCCCCCCCCCCCCCCCCCCCCCCCCCCCC)COP(=O)([O-])OCC[N+](C)(C)C. The van der Waals surface area contributed by atoms with Gasteiger partial charge in [-0.05, 0) is 70.6 Å². The summed E-state index contributed by atoms with van der Waals surface area (Å²) in [5.74, 6) is -0.818. The second kappa shape index (κ2) is 76.4. The number of nitrogens with zero attached hydrogens (tertiary/aromatic N) is 1. The maximum atomic E-state index is 12.9. The van der Waals surface area contributed by atoms with E-state index in [1.165, 1.54) is 283 Å². The largest absolute Gasteiger partial charge is 0.756 e. The van der Waals surface area contributed by atoms with E-state index in [0.29, 0.717) is 17.4 Å². The van der Waals surface area contributed by atoms with Crippen molar-refractivity contribution in [3.63, 3.8) is 0 Å². The molecule has 0 aliphatic heterocycles. The van der Waals surface area contributed by atoms with E-state index in [-0.39, 0.29) is 32.0 Å². The average molecular weight is 1370 g/mol. The summed E-state index contributed by atoms with van der Waals surface area (Å²) in [6, 6.07) is 0. The van der Waals surface area contributed by atoms with Crippen molar-refractivity contribution in [3.05, 3.63) is 85.1 Å². The van der Waals surface area contributed by atoms with Gasteiger partial charge in [0.25, 0.3) is 7.82 Å². The maximum Gasteiger partial charge on any atom is 0.306 e. The predicted molar refractivity (Wildman–Crippen MR) is 416 cm³/mol. The molecular weight excluding hydrogens is 1210 g/mol. The Morgan fingerprint density at radius 1 is 0.333 bits per heavy atom. The first-order chi connectivity index (χ1) is 47.0. The zero-order chi connectivity index (χ0) is 69.7. The van der Waals surface area contributed by atoms with Crippen molar-refractivity contribution < 1.29 is 42.1 Å². The Morgan fingerprint density at radius 2 is 0.594 bits per heavy atom. The third kappa shape index (κ3) is 80.2. The summed E-state index contributed by atoms with van der Waals surface area (Å²) >= 11 is 0. The number of ether oxygens (including phenoxy) is 2. The molecule has 0 rings (SSSR count). The van der Waals surface area contributed by atoms with Crippen LogP contribution >= 0.6 is 7.82 Å². The number of carbonyl (C=O) groups excluding carboxylic acids is 2. The molecule has 0 N–H and O–H groups in total. The molecule has 0 aromatic heterocycles. The van der Waals surface area contributed by atoms with Crippen LogP contribution in [0.1, 0.15) is 399 Å². The van der Waals surface area contributed by atoms with Gasteiger partial charge in [-0.1, -0.05) is 401 Å². The van der Waals surface area contributed by atoms with Crippen molar-refractivity contribution in [1.29, 1.82) is 0 Å². The standard InChI is InChI=1S/C86H158NO8P/c1-6-8-10-12-14-16-18-20-22-24-26-28-30-32-34-36-38-40-42-43-45-46-48-50-52-54-56-58-60-62-64-66-68-70-72-74-76-78-85(88)92-82-84(83-94-96(90,91)93-81-80-87(3,4)5)95-86(89)79-77-75-73-71-69-67-65-63-61-59-57-55-53-51-49-47-44-41-39-37-35-33-31-29-27-25-23-21-19-17-15-13-11-9-7-2/h9,11,15,17,21,23,27,29,33,35,39,41,47,49,84H,6-8,10,12-14,16,18-20,22,24-26,28,30-32,34,36-38,40,42-46,48,50-83H2,1-5H3/b11-9-,17-15-,23-21-,29-27-,35-33-,41-39-,49-47-. The Morgan fingerprint density at radius 3 is 0.885 bits per heavy atom. The van der Waals surface area contributed by atoms with Crippen molar-refractivity contribution in [1.82, 2.24) is 0 Å². The van der Waals surface area contributed by atoms with E-state index >= 15 is 0 Å². The van der Waals surface area contributed by atoms with Crippen molar-refractivity contribution in [2.45, 2.75) is 405 Å². The summed E-state index contributed by atoms with van der Waals surface area (Å²) in [4.78, 5) is 38.2. The molecule has 2 atom stereocenters. The van der Waals surface area contributed by atoms with E-state index in [0.717, 1.165) is 83.5 Å². The fraction of sp³-hybridized carbons (Fsp3) is 0.814. The molecular formula is C86H158NO8P. The Hall–Kier alpha value is -2.81. The molecule has 0 saturated carbocycles. The minimum Gasteiger partial charge on any atom is -0.756 e. The number of unbranched alkanes of at least 4 members (excludes halogenated alkanes) is 49. The highest BCUT2D eigenvalue weighted by molar-refractivity contribution is 7.45. The van der Waals surface area contributed by atoms with Gasteiger partial charge in [-0.3, -0.25) is 14.2 Å². The van der Waals surface area contributed by atoms with Gasteiger partial charge in [0.2, 0.25) is 0 Å². The molecule has 0 aromatic rings. The molecule has 0 heterocycles. The molecule has 2 unspecified atom stereocenters. The van der Waals surface area contributed by atoms with Gasteiger partial charge in [0.15, 0.2) is 6.10 Å². The molecule has 0 spiro atoms. The van der Waals surface area contributed by atoms with Crippen LogP contribution in [-0.2, 0) is 32.7 Å². The zero-order valence-electron chi connectivity index (χ0n) is 64.1. The first kappa shape index (κ1) is 93.2. The van der Waals surface area contributed by atoms with Gasteiger partial charge in [-0.2, -0.15) is 0 Å². The van der Waals surface area contributed by atoms with Crippen LogP contribution in [0.4, 0.5) is 0 Å². The van der Waals surface area contributed by atoms with Gasteiger partial charge in [0.1, 0.15) is 19.8 Å². The topological polar surface area (TPSA) is 111 Å². The molecule has 0 saturated heterocycles. The van der Waals surface area contributed by atoms with Crippen LogP contribution in [0.5, 0.6) is 0 Å². The predicted octanol–water partition coefficient (Wildman–Crippen LogP) is 27.0. The highest BCUT2D eigenvalue weighted by Gasteiger charge is 2.22. The lowest BCUT2D eigenvalue weighted by atomic mass is 10.0. The van der Waals surface area contributed by atoms with E-state index in [1.807, 2.05) is 21.1 Å². The first-order valence-electron chi connectivity index (χ1n) is 41.3. The van der Waals surface area contributed by atoms with Crippen molar-refractivity contribution >= 4 is 19.8 Å². The third-order valence-corrected chi connectivity index (χ3v) is 19.4. The number of likely N-dealkylation sites (N-methyl/N-ethyl adjacent to an activating group) is 1. The van der Waals surface area contributed by atoms with Gasteiger partial charge >= 0.3 is 11.9 Å². The number of carbonyl (C=O) groups is 2. The Labute approximate surface area is 596 Å². The molecule has 0 aliphatic rings. The molecule has 0 aromatic carbocycles. The monoisotopic (exact) mass is 1360 g/mol. The van der Waals surface area contributed by atoms with E-state index < -0.39 is 26.5 Å². The quantitative estimate of drug-likeness (QED) is 0.0195. The van der Waals surface area contributed by atoms with Crippen LogP contribution in [0.3, 0.4) is 0 Å². The van der Waals surface area contributed by atoms with Gasteiger partial charge in [-0.25, -0.2) is 0 Å². The van der Waals surface area contributed by atoms with Crippen LogP contribution in [0.25, 0.3) is 0 Å². The summed E-state index contributed by atoms with van der Waals surface area (Å²) < 4.78 is 34.4. The Bertz CT molecular complexity index is 1900. The number of phosphoric acid groups is 1. The molecule has 0 bridgehead atoms. The smallest absolute Gasteiger partial charge is 0.306 e. The number of allylic oxidation sites excluding steroid dienone is 14. The van der Waals surface area contributed by atoms with Crippen molar-refractivity contribution in [2.75, 3.05) is 47.5 Å². The Balaban J connectivity index is 3.93. The lowest BCUT2D eigenvalue weighted by Crippen LogP contribution is -2.37. The van der Waals surface area contributed by atoms with E-state index in [9.17, 15) is 19.0 Å². The maximum absolute atomic E-state index is 12.9. The summed E-state index contributed by atoms with van der Waals surface area (Å²) in [7, 11) is 1.18. The number of phosphoric ester groups is 1. The van der Waals surface area contributed by atoms with Crippen LogP contribution < -0.4 is 4.89 Å². The van der Waals surface area contributed by atoms with Crippen LogP contribution in [0.2, 0.25) is 0 Å². The second-order valence-corrected chi connectivity index (χ2v) is 30.5. The fourth-order valence-electron chi connectivity index (χ4n) is 12.2. The lowest BCUT2D eigenvalue weighted by molar-refractivity contribution is -0.870. The molecule has 96 heavy (non-hydrogen) atoms. The number of quaternary nitrogens is 1. The molecule has 0 fully saturated rings. The highest BCUT2D eigenvalue weighted by Crippen LogP contribution is 2.38. The van der Waals surface area contributed by atoms with E-state index in [1.54, 1.807) is 0 Å². The molecule has 0 aliphatic carbocycles. The lowest BCUT2D eigenvalue weighted by Gasteiger charge is -2.28. The Kier molecular flexibility index (Phi) is 74.1. The molecule has 0 radical (unpaired) electrons. The summed E-state index contributed by atoms with van der Waals surface area (Å²) in [5.41, 5.74) is 0. The normalized spacial score (nSPS) is 13.4. The van der Waals surface area contributed by atoms with Crippen LogP contribution in [-0.4, -0.2) is 70.0 Å². The second-order valence-electron chi connectivity index (χ2n) is 29.1. The molecule has 560 valence electrons. The van der Waals surface area contributed by atoms with Gasteiger partial charge in [0, 0.05) is 12.8 Å². The first-order valence-corrected chi connectivity index (χ1v) is 42.8. The molecule has 10 heteroatoms. The minimum atomic E-state index is -4.65. The zero-order valence-corrected chi connectivity index (χ0v) is 65.0. The van der Waals surface area contributed by atoms with E-state index in [4.69, 9.17) is 18.5 Å². The molecule has 9 nitrogen and oxygen atoms in total. The molecule has 0 amide bonds. The number of hydrogen-bond donors (Lipinski definition) is 0. The average Bonchev–Trinajstić information content (AvgIpc) is 2.74. The summed E-state index contributed by atoms with van der Waals surface area (Å²) in [5, 5.41) is 0. The number of hydrogen-bond acceptors (Lipinski definition) is 8. The van der Waals surface area contributed by atoms with Gasteiger partial charge in [-0.15, -0.1) is 0 Å². The van der Waals surface area contributed by atoms with Crippen molar-refractivity contribution in [3.8, 4) is 0 Å². The van der Waals surface area contributed by atoms with E-state index in [2.05, 4.69) is 98.9 Å². The summed E-state index contributed by atoms with van der Waals surface area (Å²) in [6.07, 6.45) is 106. The number of esters is 2. The summed E-state index contributed by atoms with van der Waals surface area (Å²) in [6.45, 7) is 4.19.